The fourth-order valence-corrected chi connectivity index (χ4v) is 6.15. The lowest BCUT2D eigenvalue weighted by Gasteiger charge is -2.25. The zero-order valence-electron chi connectivity index (χ0n) is 26.8. The first kappa shape index (κ1) is 31.9. The van der Waals surface area contributed by atoms with Crippen LogP contribution in [0, 0.1) is 0 Å². The van der Waals surface area contributed by atoms with Crippen molar-refractivity contribution < 1.29 is 19.1 Å². The summed E-state index contributed by atoms with van der Waals surface area (Å²) < 4.78 is 10.2. The molecule has 4 heterocycles. The van der Waals surface area contributed by atoms with Gasteiger partial charge in [-0.2, -0.15) is 0 Å². The van der Waals surface area contributed by atoms with Crippen molar-refractivity contribution in [3.05, 3.63) is 109 Å². The number of carbonyl (C=O) groups is 2. The van der Waals surface area contributed by atoms with Crippen LogP contribution < -0.4 is 24.2 Å². The summed E-state index contributed by atoms with van der Waals surface area (Å²) in [5.41, 5.74) is 7.19. The molecule has 0 saturated carbocycles. The Morgan fingerprint density at radius 3 is 1.62 bits per heavy atom. The highest BCUT2D eigenvalue weighted by atomic mass is 32.1. The highest BCUT2D eigenvalue weighted by Gasteiger charge is 2.17. The molecule has 6 aromatic rings. The average molecular weight is 657 g/mol. The van der Waals surface area contributed by atoms with Crippen LogP contribution >= 0.6 is 11.3 Å². The van der Waals surface area contributed by atoms with Crippen LogP contribution in [-0.4, -0.2) is 56.1 Å². The van der Waals surface area contributed by atoms with Gasteiger partial charge in [-0.25, -0.2) is 4.98 Å². The van der Waals surface area contributed by atoms with Crippen LogP contribution in [0.15, 0.2) is 109 Å². The summed E-state index contributed by atoms with van der Waals surface area (Å²) in [7, 11) is 8.12. The normalized spacial score (nSPS) is 10.7. The summed E-state index contributed by atoms with van der Waals surface area (Å²) in [6, 6.07) is 31.5. The van der Waals surface area contributed by atoms with Gasteiger partial charge in [0.15, 0.2) is 0 Å². The van der Waals surface area contributed by atoms with Gasteiger partial charge in [0.05, 0.1) is 22.8 Å². The van der Waals surface area contributed by atoms with Crippen LogP contribution in [0.4, 0.5) is 27.8 Å². The molecule has 48 heavy (non-hydrogen) atoms. The van der Waals surface area contributed by atoms with Crippen LogP contribution in [0.1, 0.15) is 0 Å². The van der Waals surface area contributed by atoms with Gasteiger partial charge in [0.2, 0.25) is 0 Å². The third-order valence-corrected chi connectivity index (χ3v) is 8.65. The van der Waals surface area contributed by atoms with Gasteiger partial charge in [0.1, 0.15) is 16.5 Å². The molecule has 4 aromatic heterocycles. The largest absolute Gasteiger partial charge is 0.429 e. The molecule has 0 fully saturated rings. The third kappa shape index (κ3) is 7.01. The summed E-state index contributed by atoms with van der Waals surface area (Å²) in [5, 5.41) is 1.05. The molecular formula is C37H32N6O4S. The van der Waals surface area contributed by atoms with E-state index in [2.05, 4.69) is 85.3 Å². The maximum absolute atomic E-state index is 11.3. The molecule has 0 aliphatic heterocycles. The van der Waals surface area contributed by atoms with Crippen molar-refractivity contribution in [2.24, 2.45) is 0 Å². The fourth-order valence-electron chi connectivity index (χ4n) is 5.10. The van der Waals surface area contributed by atoms with E-state index in [9.17, 15) is 9.59 Å². The van der Waals surface area contributed by atoms with E-state index in [1.807, 2.05) is 40.3 Å². The maximum Gasteiger partial charge on any atom is 0.298 e. The van der Waals surface area contributed by atoms with Gasteiger partial charge in [-0.15, -0.1) is 11.3 Å². The van der Waals surface area contributed by atoms with Crippen molar-refractivity contribution in [2.75, 3.05) is 42.9 Å². The second-order valence-electron chi connectivity index (χ2n) is 11.1. The van der Waals surface area contributed by atoms with E-state index >= 15 is 0 Å². The number of rotatable bonds is 12. The summed E-state index contributed by atoms with van der Waals surface area (Å²) >= 11 is 1.66. The Morgan fingerprint density at radius 1 is 0.562 bits per heavy atom. The average Bonchev–Trinajstić information content (AvgIpc) is 3.59. The topological polar surface area (TPSA) is 101 Å². The van der Waals surface area contributed by atoms with Crippen LogP contribution in [0.5, 0.6) is 11.5 Å². The van der Waals surface area contributed by atoms with E-state index in [1.54, 1.807) is 41.8 Å². The van der Waals surface area contributed by atoms with Gasteiger partial charge >= 0.3 is 0 Å². The van der Waals surface area contributed by atoms with Gasteiger partial charge < -0.3 is 24.2 Å². The number of aromatic nitrogens is 3. The Balaban J connectivity index is 1.37. The minimum absolute atomic E-state index is 0.273. The lowest BCUT2D eigenvalue weighted by molar-refractivity contribution is -0.121. The van der Waals surface area contributed by atoms with Crippen LogP contribution in [-0.2, 0) is 9.59 Å². The van der Waals surface area contributed by atoms with Gasteiger partial charge in [0, 0.05) is 86.4 Å². The van der Waals surface area contributed by atoms with Crippen LogP contribution in [0.3, 0.4) is 0 Å². The number of hydrogen-bond donors (Lipinski definition) is 0. The SMILES string of the molecule is CN(C)c1ccc(N(c2ccc(N(C)C)cc2)c2ccc(-c3ccnc(-c4cc(OC=O)cc(-c5cc(OC=O)ccn5)n4)c3)s2)cc1. The number of benzene rings is 2. The highest BCUT2D eigenvalue weighted by molar-refractivity contribution is 7.19. The van der Waals surface area contributed by atoms with E-state index in [4.69, 9.17) is 14.5 Å². The molecule has 10 nitrogen and oxygen atoms in total. The Hall–Kier alpha value is -6.07. The van der Waals surface area contributed by atoms with E-state index < -0.39 is 0 Å². The molecule has 0 aliphatic carbocycles. The van der Waals surface area contributed by atoms with E-state index in [0.717, 1.165) is 38.2 Å². The Kier molecular flexibility index (Phi) is 9.40. The lowest BCUT2D eigenvalue weighted by atomic mass is 10.1. The molecule has 0 spiro atoms. The molecule has 240 valence electrons. The van der Waals surface area contributed by atoms with Crippen molar-refractivity contribution in [2.45, 2.75) is 0 Å². The van der Waals surface area contributed by atoms with Crippen molar-refractivity contribution in [3.8, 4) is 44.7 Å². The number of ether oxygens (including phenoxy) is 2. The monoisotopic (exact) mass is 656 g/mol. The molecule has 2 aromatic carbocycles. The maximum atomic E-state index is 11.3. The molecule has 0 N–H and O–H groups in total. The van der Waals surface area contributed by atoms with E-state index in [-0.39, 0.29) is 5.75 Å². The predicted octanol–water partition coefficient (Wildman–Crippen LogP) is 7.61. The second-order valence-corrected chi connectivity index (χ2v) is 12.2. The molecule has 0 amide bonds. The summed E-state index contributed by atoms with van der Waals surface area (Å²) in [5.74, 6) is 0.584. The number of carbonyl (C=O) groups excluding carboxylic acids is 2. The fraction of sp³-hybridized carbons (Fsp3) is 0.108. The van der Waals surface area contributed by atoms with Gasteiger partial charge in [-0.05, 0) is 84.4 Å². The summed E-state index contributed by atoms with van der Waals surface area (Å²) in [4.78, 5) is 43.3. The first-order valence-electron chi connectivity index (χ1n) is 14.9. The molecule has 11 heteroatoms. The number of pyridine rings is 3. The lowest BCUT2D eigenvalue weighted by Crippen LogP contribution is -2.12. The Labute approximate surface area is 282 Å². The van der Waals surface area contributed by atoms with Gasteiger partial charge in [-0.1, -0.05) is 0 Å². The van der Waals surface area contributed by atoms with Crippen LogP contribution in [0.25, 0.3) is 33.2 Å². The molecule has 0 atom stereocenters. The van der Waals surface area contributed by atoms with Crippen LogP contribution in [0.2, 0.25) is 0 Å². The highest BCUT2D eigenvalue weighted by Crippen LogP contribution is 2.43. The number of thiophene rings is 1. The van der Waals surface area contributed by atoms with Crippen molar-refractivity contribution in [3.63, 3.8) is 0 Å². The molecule has 0 bridgehead atoms. The molecule has 0 saturated heterocycles. The Bertz CT molecular complexity index is 1990. The molecular weight excluding hydrogens is 625 g/mol. The standard InChI is InChI=1S/C37H32N6O4S/c1-41(2)26-5-9-28(10-6-26)43(29-11-7-27(8-12-29)42(3)4)37-14-13-36(48-37)25-15-17-38-32(19-25)34-21-31(47-24-45)22-35(40-34)33-20-30(46-23-44)16-18-39-33/h5-24H,1-4H3. The molecule has 0 unspecified atom stereocenters. The van der Waals surface area contributed by atoms with Crippen molar-refractivity contribution in [1.82, 2.24) is 15.0 Å². The summed E-state index contributed by atoms with van der Waals surface area (Å²) in [6.07, 6.45) is 3.24. The zero-order chi connectivity index (χ0) is 33.6. The third-order valence-electron chi connectivity index (χ3n) is 7.53. The zero-order valence-corrected chi connectivity index (χ0v) is 27.6. The predicted molar refractivity (Wildman–Crippen MR) is 191 cm³/mol. The molecule has 0 radical (unpaired) electrons. The smallest absolute Gasteiger partial charge is 0.298 e. The quantitative estimate of drug-likeness (QED) is 0.122. The first-order chi connectivity index (χ1) is 23.3. The van der Waals surface area contributed by atoms with Gasteiger partial charge in [-0.3, -0.25) is 19.6 Å². The molecule has 0 aliphatic rings. The molecule has 6 rings (SSSR count). The number of anilines is 5. The minimum atomic E-state index is 0.273. The number of hydrogen-bond acceptors (Lipinski definition) is 11. The van der Waals surface area contributed by atoms with Gasteiger partial charge in [0.25, 0.3) is 12.9 Å². The van der Waals surface area contributed by atoms with Crippen molar-refractivity contribution in [1.29, 1.82) is 0 Å². The Morgan fingerprint density at radius 2 is 1.06 bits per heavy atom. The minimum Gasteiger partial charge on any atom is -0.429 e. The van der Waals surface area contributed by atoms with Crippen molar-refractivity contribution >= 4 is 52.0 Å². The number of nitrogens with zero attached hydrogens (tertiary/aromatic N) is 6. The second kappa shape index (κ2) is 14.1. The first-order valence-corrected chi connectivity index (χ1v) is 15.8. The van der Waals surface area contributed by atoms with E-state index in [0.29, 0.717) is 41.5 Å². The van der Waals surface area contributed by atoms with E-state index in [1.165, 1.54) is 6.20 Å². The summed E-state index contributed by atoms with van der Waals surface area (Å²) in [6.45, 7) is 0.698.